The Bertz CT molecular complexity index is 438. The van der Waals surface area contributed by atoms with Crippen molar-refractivity contribution in [3.8, 4) is 11.5 Å². The maximum Gasteiger partial charge on any atom is 0.252 e. The summed E-state index contributed by atoms with van der Waals surface area (Å²) in [6, 6.07) is 0. The van der Waals surface area contributed by atoms with Gasteiger partial charge in [-0.3, -0.25) is 0 Å². The summed E-state index contributed by atoms with van der Waals surface area (Å²) in [5.74, 6) is 2.29. The van der Waals surface area contributed by atoms with Gasteiger partial charge in [0.1, 0.15) is 11.3 Å². The van der Waals surface area contributed by atoms with E-state index in [-0.39, 0.29) is 0 Å². The lowest BCUT2D eigenvalue weighted by Crippen LogP contribution is -1.85. The van der Waals surface area contributed by atoms with Crippen LogP contribution in [0.3, 0.4) is 0 Å². The molecule has 2 aromatic heterocycles. The zero-order valence-electron chi connectivity index (χ0n) is 8.23. The first kappa shape index (κ1) is 10.2. The lowest BCUT2D eigenvalue weighted by atomic mass is 10.3. The molecule has 5 nitrogen and oxygen atoms in total. The molecule has 0 radical (unpaired) electrons. The minimum Gasteiger partial charge on any atom is -0.421 e. The summed E-state index contributed by atoms with van der Waals surface area (Å²) in [6.07, 6.45) is 3.08. The number of alkyl halides is 1. The summed E-state index contributed by atoms with van der Waals surface area (Å²) >= 11 is 5.57. The minimum absolute atomic E-state index is 0.443. The van der Waals surface area contributed by atoms with E-state index in [1.165, 1.54) is 0 Å². The molecule has 0 atom stereocenters. The average Bonchev–Trinajstić information content (AvgIpc) is 2.83. The number of nitrogens with zero attached hydrogens (tertiary/aromatic N) is 3. The molecule has 0 aliphatic heterocycles. The van der Waals surface area contributed by atoms with Crippen LogP contribution in [0.15, 0.2) is 15.1 Å². The largest absolute Gasteiger partial charge is 0.421 e. The summed E-state index contributed by atoms with van der Waals surface area (Å²) in [5.41, 5.74) is 0.736. The van der Waals surface area contributed by atoms with Crippen LogP contribution in [0.4, 0.5) is 0 Å². The summed E-state index contributed by atoms with van der Waals surface area (Å²) in [5, 5.41) is 11.5. The first-order valence-electron chi connectivity index (χ1n) is 4.61. The molecule has 0 unspecified atom stereocenters. The van der Waals surface area contributed by atoms with Gasteiger partial charge >= 0.3 is 0 Å². The van der Waals surface area contributed by atoms with Crippen LogP contribution in [0.1, 0.15) is 18.1 Å². The van der Waals surface area contributed by atoms with E-state index in [0.717, 1.165) is 12.0 Å². The van der Waals surface area contributed by atoms with Crippen molar-refractivity contribution in [2.45, 2.75) is 19.8 Å². The van der Waals surface area contributed by atoms with Crippen LogP contribution in [0.25, 0.3) is 11.5 Å². The summed E-state index contributed by atoms with van der Waals surface area (Å²) < 4.78 is 10.3. The number of aryl methyl sites for hydroxylation is 2. The van der Waals surface area contributed by atoms with Crippen molar-refractivity contribution < 1.29 is 8.94 Å². The van der Waals surface area contributed by atoms with Crippen molar-refractivity contribution in [2.75, 3.05) is 5.88 Å². The maximum atomic E-state index is 5.57. The summed E-state index contributed by atoms with van der Waals surface area (Å²) in [7, 11) is 0. The molecule has 0 aromatic carbocycles. The third kappa shape index (κ3) is 2.18. The van der Waals surface area contributed by atoms with Crippen molar-refractivity contribution in [3.63, 3.8) is 0 Å². The SMILES string of the molecule is Cc1oncc1-c1nnc(CCCCl)o1. The van der Waals surface area contributed by atoms with Crippen LogP contribution in [-0.4, -0.2) is 21.2 Å². The predicted molar refractivity (Wildman–Crippen MR) is 53.6 cm³/mol. The highest BCUT2D eigenvalue weighted by Gasteiger charge is 2.13. The molecule has 0 amide bonds. The molecule has 2 aromatic rings. The molecule has 0 bridgehead atoms. The number of hydrogen-bond donors (Lipinski definition) is 0. The minimum atomic E-state index is 0.443. The molecule has 15 heavy (non-hydrogen) atoms. The van der Waals surface area contributed by atoms with Crippen molar-refractivity contribution in [1.29, 1.82) is 0 Å². The Morgan fingerprint density at radius 3 is 2.93 bits per heavy atom. The molecule has 0 saturated heterocycles. The number of hydrogen-bond acceptors (Lipinski definition) is 5. The van der Waals surface area contributed by atoms with Gasteiger partial charge in [-0.25, -0.2) is 0 Å². The Labute approximate surface area is 91.4 Å². The Balaban J connectivity index is 2.17. The normalized spacial score (nSPS) is 10.8. The van der Waals surface area contributed by atoms with Crippen LogP contribution in [0.5, 0.6) is 0 Å². The number of halogens is 1. The second-order valence-electron chi connectivity index (χ2n) is 3.09. The summed E-state index contributed by atoms with van der Waals surface area (Å²) in [6.45, 7) is 1.80. The van der Waals surface area contributed by atoms with E-state index in [9.17, 15) is 0 Å². The van der Waals surface area contributed by atoms with Gasteiger partial charge in [-0.1, -0.05) is 5.16 Å². The van der Waals surface area contributed by atoms with Gasteiger partial charge in [0.05, 0.1) is 6.20 Å². The second kappa shape index (κ2) is 4.44. The van der Waals surface area contributed by atoms with E-state index in [0.29, 0.717) is 29.8 Å². The first-order valence-corrected chi connectivity index (χ1v) is 5.14. The van der Waals surface area contributed by atoms with Gasteiger partial charge in [0.25, 0.3) is 5.89 Å². The van der Waals surface area contributed by atoms with Crippen LogP contribution in [0.2, 0.25) is 0 Å². The standard InChI is InChI=1S/C9H10ClN3O2/c1-6-7(5-11-15-6)9-13-12-8(14-9)3-2-4-10/h5H,2-4H2,1H3. The van der Waals surface area contributed by atoms with Gasteiger partial charge in [0.2, 0.25) is 5.89 Å². The van der Waals surface area contributed by atoms with Crippen molar-refractivity contribution in [3.05, 3.63) is 17.8 Å². The van der Waals surface area contributed by atoms with Crippen LogP contribution in [0, 0.1) is 6.92 Å². The number of rotatable bonds is 4. The predicted octanol–water partition coefficient (Wildman–Crippen LogP) is 2.20. The Morgan fingerprint density at radius 2 is 2.27 bits per heavy atom. The Kier molecular flexibility index (Phi) is 3.01. The van der Waals surface area contributed by atoms with Crippen LogP contribution >= 0.6 is 11.6 Å². The third-order valence-electron chi connectivity index (χ3n) is 1.97. The van der Waals surface area contributed by atoms with E-state index >= 15 is 0 Å². The van der Waals surface area contributed by atoms with E-state index in [1.807, 2.05) is 0 Å². The fourth-order valence-corrected chi connectivity index (χ4v) is 1.32. The second-order valence-corrected chi connectivity index (χ2v) is 3.47. The molecule has 80 valence electrons. The molecule has 0 aliphatic carbocycles. The lowest BCUT2D eigenvalue weighted by molar-refractivity contribution is 0.397. The number of aromatic nitrogens is 3. The molecular weight excluding hydrogens is 218 g/mol. The smallest absolute Gasteiger partial charge is 0.252 e. The highest BCUT2D eigenvalue weighted by molar-refractivity contribution is 6.17. The molecule has 2 rings (SSSR count). The van der Waals surface area contributed by atoms with Crippen LogP contribution in [-0.2, 0) is 6.42 Å². The molecule has 0 fully saturated rings. The molecule has 0 spiro atoms. The quantitative estimate of drug-likeness (QED) is 0.750. The Morgan fingerprint density at radius 1 is 1.40 bits per heavy atom. The van der Waals surface area contributed by atoms with Crippen LogP contribution < -0.4 is 0 Å². The van der Waals surface area contributed by atoms with Gasteiger partial charge in [0.15, 0.2) is 0 Å². The van der Waals surface area contributed by atoms with Gasteiger partial charge in [0, 0.05) is 12.3 Å². The molecule has 2 heterocycles. The van der Waals surface area contributed by atoms with Crippen molar-refractivity contribution in [2.24, 2.45) is 0 Å². The molecule has 6 heteroatoms. The lowest BCUT2D eigenvalue weighted by Gasteiger charge is -1.89. The third-order valence-corrected chi connectivity index (χ3v) is 2.24. The van der Waals surface area contributed by atoms with E-state index in [2.05, 4.69) is 15.4 Å². The zero-order chi connectivity index (χ0) is 10.7. The van der Waals surface area contributed by atoms with Crippen molar-refractivity contribution >= 4 is 11.6 Å². The van der Waals surface area contributed by atoms with E-state index in [1.54, 1.807) is 13.1 Å². The van der Waals surface area contributed by atoms with Gasteiger partial charge in [-0.05, 0) is 13.3 Å². The van der Waals surface area contributed by atoms with Gasteiger partial charge < -0.3 is 8.94 Å². The highest BCUT2D eigenvalue weighted by atomic mass is 35.5. The fraction of sp³-hybridized carbons (Fsp3) is 0.444. The molecule has 0 aliphatic rings. The first-order chi connectivity index (χ1) is 7.31. The Hall–Kier alpha value is -1.36. The zero-order valence-corrected chi connectivity index (χ0v) is 8.99. The topological polar surface area (TPSA) is 65.0 Å². The van der Waals surface area contributed by atoms with Gasteiger partial charge in [-0.2, -0.15) is 0 Å². The maximum absolute atomic E-state index is 5.57. The van der Waals surface area contributed by atoms with Gasteiger partial charge in [-0.15, -0.1) is 21.8 Å². The fourth-order valence-electron chi connectivity index (χ4n) is 1.19. The highest BCUT2D eigenvalue weighted by Crippen LogP contribution is 2.21. The molecule has 0 N–H and O–H groups in total. The van der Waals surface area contributed by atoms with E-state index < -0.39 is 0 Å². The molecular formula is C9H10ClN3O2. The summed E-state index contributed by atoms with van der Waals surface area (Å²) in [4.78, 5) is 0. The van der Waals surface area contributed by atoms with E-state index in [4.69, 9.17) is 20.5 Å². The monoisotopic (exact) mass is 227 g/mol. The van der Waals surface area contributed by atoms with Crippen molar-refractivity contribution in [1.82, 2.24) is 15.4 Å². The average molecular weight is 228 g/mol. The molecule has 0 saturated carbocycles.